The quantitative estimate of drug-likeness (QED) is 0.360. The van der Waals surface area contributed by atoms with Crippen LogP contribution in [0.3, 0.4) is 0 Å². The van der Waals surface area contributed by atoms with Gasteiger partial charge in [-0.25, -0.2) is 4.79 Å². The summed E-state index contributed by atoms with van der Waals surface area (Å²) in [6.45, 7) is 5.75. The van der Waals surface area contributed by atoms with E-state index >= 15 is 0 Å². The largest absolute Gasteiger partial charge is 0.416 e. The summed E-state index contributed by atoms with van der Waals surface area (Å²) >= 11 is 0. The van der Waals surface area contributed by atoms with Gasteiger partial charge < -0.3 is 14.5 Å². The Morgan fingerprint density at radius 2 is 1.77 bits per heavy atom. The lowest BCUT2D eigenvalue weighted by Crippen LogP contribution is -2.41. The van der Waals surface area contributed by atoms with Crippen molar-refractivity contribution in [3.05, 3.63) is 42.5 Å². The SMILES string of the molecule is C=CCN(C)CCCCC1CCC(N(C)C(=O)Oc2ccc(C(F)(F)F)cc2)CC1. The highest BCUT2D eigenvalue weighted by molar-refractivity contribution is 5.70. The molecule has 7 heteroatoms. The summed E-state index contributed by atoms with van der Waals surface area (Å²) in [5.74, 6) is 0.820. The van der Waals surface area contributed by atoms with Gasteiger partial charge in [0.2, 0.25) is 0 Å². The minimum atomic E-state index is -4.40. The lowest BCUT2D eigenvalue weighted by Gasteiger charge is -2.34. The van der Waals surface area contributed by atoms with Crippen LogP contribution in [0.5, 0.6) is 5.75 Å². The van der Waals surface area contributed by atoms with Crippen LogP contribution in [-0.2, 0) is 6.18 Å². The van der Waals surface area contributed by atoms with Gasteiger partial charge in [-0.2, -0.15) is 13.2 Å². The second kappa shape index (κ2) is 11.4. The van der Waals surface area contributed by atoms with Gasteiger partial charge in [-0.15, -0.1) is 6.58 Å². The van der Waals surface area contributed by atoms with Crippen molar-refractivity contribution in [2.24, 2.45) is 5.92 Å². The van der Waals surface area contributed by atoms with Gasteiger partial charge in [0.05, 0.1) is 5.56 Å². The van der Waals surface area contributed by atoms with E-state index in [0.29, 0.717) is 5.92 Å². The lowest BCUT2D eigenvalue weighted by molar-refractivity contribution is -0.137. The number of amides is 1. The number of halogens is 3. The standard InChI is InChI=1S/C23H33F3N2O2/c1-4-16-27(2)17-6-5-7-18-8-12-20(13-9-18)28(3)22(29)30-21-14-10-19(11-15-21)23(24,25)26/h4,10-11,14-15,18,20H,1,5-9,12-13,16-17H2,2-3H3. The monoisotopic (exact) mass is 426 g/mol. The van der Waals surface area contributed by atoms with Crippen LogP contribution in [0.25, 0.3) is 0 Å². The van der Waals surface area contributed by atoms with Gasteiger partial charge in [-0.1, -0.05) is 18.9 Å². The number of benzene rings is 1. The van der Waals surface area contributed by atoms with E-state index in [4.69, 9.17) is 4.74 Å². The van der Waals surface area contributed by atoms with Gasteiger partial charge in [0, 0.05) is 19.6 Å². The minimum absolute atomic E-state index is 0.113. The third kappa shape index (κ3) is 7.67. The molecule has 0 bridgehead atoms. The second-order valence-corrected chi connectivity index (χ2v) is 8.22. The fraction of sp³-hybridized carbons (Fsp3) is 0.609. The van der Waals surface area contributed by atoms with Crippen LogP contribution in [0.4, 0.5) is 18.0 Å². The number of unbranched alkanes of at least 4 members (excludes halogenated alkanes) is 1. The fourth-order valence-electron chi connectivity index (χ4n) is 3.98. The van der Waals surface area contributed by atoms with Gasteiger partial charge in [-0.05, 0) is 75.9 Å². The molecule has 1 aliphatic rings. The number of alkyl halides is 3. The fourth-order valence-corrected chi connectivity index (χ4v) is 3.98. The van der Waals surface area contributed by atoms with Crippen molar-refractivity contribution in [1.82, 2.24) is 9.80 Å². The first-order valence-corrected chi connectivity index (χ1v) is 10.6. The lowest BCUT2D eigenvalue weighted by atomic mass is 9.82. The van der Waals surface area contributed by atoms with Crippen LogP contribution in [-0.4, -0.2) is 49.1 Å². The summed E-state index contributed by atoms with van der Waals surface area (Å²) in [7, 11) is 3.80. The third-order valence-electron chi connectivity index (χ3n) is 5.88. The summed E-state index contributed by atoms with van der Waals surface area (Å²) in [4.78, 5) is 16.2. The van der Waals surface area contributed by atoms with Crippen LogP contribution in [0.15, 0.2) is 36.9 Å². The molecule has 1 fully saturated rings. The van der Waals surface area contributed by atoms with Crippen LogP contribution >= 0.6 is 0 Å². The summed E-state index contributed by atoms with van der Waals surface area (Å²) < 4.78 is 43.1. The molecule has 1 aromatic rings. The molecule has 2 rings (SSSR count). The number of nitrogens with zero attached hydrogens (tertiary/aromatic N) is 2. The molecule has 0 unspecified atom stereocenters. The Morgan fingerprint density at radius 1 is 1.13 bits per heavy atom. The zero-order valence-electron chi connectivity index (χ0n) is 18.0. The average molecular weight is 427 g/mol. The maximum atomic E-state index is 12.6. The Labute approximate surface area is 177 Å². The van der Waals surface area contributed by atoms with Crippen molar-refractivity contribution < 1.29 is 22.7 Å². The van der Waals surface area contributed by atoms with Gasteiger partial charge in [0.1, 0.15) is 5.75 Å². The number of likely N-dealkylation sites (N-methyl/N-ethyl adjacent to an activating group) is 1. The molecule has 0 spiro atoms. The van der Waals surface area contributed by atoms with Crippen LogP contribution in [0.2, 0.25) is 0 Å². The topological polar surface area (TPSA) is 32.8 Å². The Bertz CT molecular complexity index is 668. The predicted octanol–water partition coefficient (Wildman–Crippen LogP) is 5.98. The van der Waals surface area contributed by atoms with E-state index in [-0.39, 0.29) is 11.8 Å². The number of carbonyl (C=O) groups is 1. The van der Waals surface area contributed by atoms with Gasteiger partial charge in [-0.3, -0.25) is 0 Å². The molecule has 0 atom stereocenters. The number of hydrogen-bond acceptors (Lipinski definition) is 3. The number of rotatable bonds is 9. The predicted molar refractivity (Wildman–Crippen MR) is 113 cm³/mol. The van der Waals surface area contributed by atoms with Crippen molar-refractivity contribution in [1.29, 1.82) is 0 Å². The maximum Gasteiger partial charge on any atom is 0.416 e. The first-order chi connectivity index (χ1) is 14.2. The summed E-state index contributed by atoms with van der Waals surface area (Å²) in [5.41, 5.74) is -0.763. The van der Waals surface area contributed by atoms with Gasteiger partial charge in [0.15, 0.2) is 0 Å². The molecule has 0 heterocycles. The molecule has 1 aromatic carbocycles. The number of ether oxygens (including phenoxy) is 1. The molecule has 0 radical (unpaired) electrons. The zero-order chi connectivity index (χ0) is 22.1. The Kier molecular flexibility index (Phi) is 9.21. The highest BCUT2D eigenvalue weighted by atomic mass is 19.4. The van der Waals surface area contributed by atoms with Crippen molar-refractivity contribution in [2.75, 3.05) is 27.2 Å². The minimum Gasteiger partial charge on any atom is -0.410 e. The number of carbonyl (C=O) groups excluding carboxylic acids is 1. The summed E-state index contributed by atoms with van der Waals surface area (Å²) in [5, 5.41) is 0. The van der Waals surface area contributed by atoms with E-state index in [2.05, 4.69) is 18.5 Å². The summed E-state index contributed by atoms with van der Waals surface area (Å²) in [6.07, 6.45) is 4.64. The van der Waals surface area contributed by atoms with Gasteiger partial charge >= 0.3 is 12.3 Å². The molecule has 0 aliphatic heterocycles. The van der Waals surface area contributed by atoms with Crippen molar-refractivity contribution >= 4 is 6.09 Å². The van der Waals surface area contributed by atoms with E-state index in [1.54, 1.807) is 11.9 Å². The van der Waals surface area contributed by atoms with E-state index in [0.717, 1.165) is 50.9 Å². The smallest absolute Gasteiger partial charge is 0.410 e. The van der Waals surface area contributed by atoms with E-state index in [1.807, 2.05) is 6.08 Å². The molecule has 30 heavy (non-hydrogen) atoms. The Morgan fingerprint density at radius 3 is 2.33 bits per heavy atom. The number of hydrogen-bond donors (Lipinski definition) is 0. The highest BCUT2D eigenvalue weighted by Gasteiger charge is 2.31. The molecule has 0 aromatic heterocycles. The first kappa shape index (κ1) is 24.3. The molecule has 168 valence electrons. The average Bonchev–Trinajstić information content (AvgIpc) is 2.71. The van der Waals surface area contributed by atoms with E-state index in [1.165, 1.54) is 31.4 Å². The molecule has 1 aliphatic carbocycles. The second-order valence-electron chi connectivity index (χ2n) is 8.22. The van der Waals surface area contributed by atoms with Crippen LogP contribution in [0.1, 0.15) is 50.5 Å². The third-order valence-corrected chi connectivity index (χ3v) is 5.88. The normalized spacial score (nSPS) is 19.5. The van der Waals surface area contributed by atoms with Gasteiger partial charge in [0.25, 0.3) is 0 Å². The van der Waals surface area contributed by atoms with E-state index < -0.39 is 17.8 Å². The zero-order valence-corrected chi connectivity index (χ0v) is 18.0. The molecular formula is C23H33F3N2O2. The van der Waals surface area contributed by atoms with Crippen LogP contribution in [0, 0.1) is 5.92 Å². The Hall–Kier alpha value is -2.02. The van der Waals surface area contributed by atoms with E-state index in [9.17, 15) is 18.0 Å². The van der Waals surface area contributed by atoms with Crippen molar-refractivity contribution in [3.63, 3.8) is 0 Å². The Balaban J connectivity index is 1.71. The van der Waals surface area contributed by atoms with Crippen LogP contribution < -0.4 is 4.74 Å². The highest BCUT2D eigenvalue weighted by Crippen LogP contribution is 2.32. The molecule has 4 nitrogen and oxygen atoms in total. The maximum absolute atomic E-state index is 12.6. The molecule has 1 amide bonds. The first-order valence-electron chi connectivity index (χ1n) is 10.6. The van der Waals surface area contributed by atoms with Crippen molar-refractivity contribution in [3.8, 4) is 5.75 Å². The molecule has 0 N–H and O–H groups in total. The summed E-state index contributed by atoms with van der Waals surface area (Å²) in [6, 6.07) is 4.31. The molecule has 1 saturated carbocycles. The molecular weight excluding hydrogens is 393 g/mol. The molecule has 0 saturated heterocycles. The van der Waals surface area contributed by atoms with Crippen molar-refractivity contribution in [2.45, 2.75) is 57.2 Å².